The van der Waals surface area contributed by atoms with E-state index in [1.54, 1.807) is 12.4 Å². The minimum absolute atomic E-state index is 0.148. The lowest BCUT2D eigenvalue weighted by atomic mass is 10.0. The molecule has 2 aliphatic rings. The first-order chi connectivity index (χ1) is 12.3. The standard InChI is InChI=1S/C19H23BrN4O2/c1-19(2,3)26-18(25)23-10-15-16(13-6-8-21-9-7-13)17(20)22-24(15)11-14(23)12-4-5-12/h6-9,12,14H,4-5,10-11H2,1-3H3/t14-/m1/s1. The van der Waals surface area contributed by atoms with Crippen molar-refractivity contribution in [2.75, 3.05) is 0 Å². The molecule has 4 rings (SSSR count). The first-order valence-corrected chi connectivity index (χ1v) is 9.78. The SMILES string of the molecule is CC(C)(C)OC(=O)N1Cc2c(-c3ccncc3)c(Br)nn2C[C@@H]1C1CC1. The number of pyridine rings is 1. The van der Waals surface area contributed by atoms with Crippen LogP contribution in [-0.4, -0.2) is 37.4 Å². The highest BCUT2D eigenvalue weighted by molar-refractivity contribution is 9.10. The largest absolute Gasteiger partial charge is 0.444 e. The predicted octanol–water partition coefficient (Wildman–Crippen LogP) is 4.24. The van der Waals surface area contributed by atoms with Crippen LogP contribution in [-0.2, 0) is 17.8 Å². The van der Waals surface area contributed by atoms with Crippen LogP contribution in [0.4, 0.5) is 4.79 Å². The number of fused-ring (bicyclic) bond motifs is 1. The van der Waals surface area contributed by atoms with Crippen molar-refractivity contribution in [3.8, 4) is 11.1 Å². The Morgan fingerprint density at radius 2 is 1.96 bits per heavy atom. The maximum Gasteiger partial charge on any atom is 0.410 e. The van der Waals surface area contributed by atoms with Gasteiger partial charge in [0, 0.05) is 18.0 Å². The van der Waals surface area contributed by atoms with E-state index in [1.807, 2.05) is 42.5 Å². The lowest BCUT2D eigenvalue weighted by Gasteiger charge is -2.37. The third kappa shape index (κ3) is 3.37. The van der Waals surface area contributed by atoms with Crippen LogP contribution in [0.15, 0.2) is 29.1 Å². The summed E-state index contributed by atoms with van der Waals surface area (Å²) in [5.74, 6) is 0.544. The van der Waals surface area contributed by atoms with Gasteiger partial charge in [-0.05, 0) is 73.2 Å². The number of hydrogen-bond acceptors (Lipinski definition) is 4. The molecule has 26 heavy (non-hydrogen) atoms. The monoisotopic (exact) mass is 418 g/mol. The molecule has 138 valence electrons. The summed E-state index contributed by atoms with van der Waals surface area (Å²) in [7, 11) is 0. The van der Waals surface area contributed by atoms with E-state index < -0.39 is 5.60 Å². The third-order valence-corrected chi connectivity index (χ3v) is 5.41. The second kappa shape index (κ2) is 6.37. The highest BCUT2D eigenvalue weighted by Gasteiger charge is 2.43. The molecule has 0 N–H and O–H groups in total. The summed E-state index contributed by atoms with van der Waals surface area (Å²) < 4.78 is 8.54. The van der Waals surface area contributed by atoms with Crippen molar-refractivity contribution < 1.29 is 9.53 Å². The molecule has 0 radical (unpaired) electrons. The van der Waals surface area contributed by atoms with Gasteiger partial charge >= 0.3 is 6.09 Å². The Morgan fingerprint density at radius 3 is 2.58 bits per heavy atom. The highest BCUT2D eigenvalue weighted by atomic mass is 79.9. The van der Waals surface area contributed by atoms with E-state index in [0.717, 1.165) is 21.4 Å². The maximum absolute atomic E-state index is 12.9. The average molecular weight is 419 g/mol. The maximum atomic E-state index is 12.9. The van der Waals surface area contributed by atoms with Crippen LogP contribution in [0.25, 0.3) is 11.1 Å². The highest BCUT2D eigenvalue weighted by Crippen LogP contribution is 2.41. The first-order valence-electron chi connectivity index (χ1n) is 8.98. The van der Waals surface area contributed by atoms with Crippen molar-refractivity contribution in [1.29, 1.82) is 0 Å². The Bertz CT molecular complexity index is 824. The molecule has 7 heteroatoms. The van der Waals surface area contributed by atoms with Crippen molar-refractivity contribution in [3.05, 3.63) is 34.8 Å². The molecule has 3 heterocycles. The molecular formula is C19H23BrN4O2. The summed E-state index contributed by atoms with van der Waals surface area (Å²) in [5, 5.41) is 4.69. The fourth-order valence-electron chi connectivity index (χ4n) is 3.54. The van der Waals surface area contributed by atoms with Crippen molar-refractivity contribution in [2.24, 2.45) is 5.92 Å². The third-order valence-electron chi connectivity index (χ3n) is 4.86. The van der Waals surface area contributed by atoms with Gasteiger partial charge in [-0.1, -0.05) is 0 Å². The fourth-order valence-corrected chi connectivity index (χ4v) is 4.19. The van der Waals surface area contributed by atoms with E-state index in [-0.39, 0.29) is 12.1 Å². The number of amides is 1. The molecule has 0 bridgehead atoms. The lowest BCUT2D eigenvalue weighted by Crippen LogP contribution is -2.49. The van der Waals surface area contributed by atoms with Crippen LogP contribution >= 0.6 is 15.9 Å². The number of halogens is 1. The molecule has 2 aromatic heterocycles. The summed E-state index contributed by atoms with van der Waals surface area (Å²) >= 11 is 3.61. The van der Waals surface area contributed by atoms with E-state index >= 15 is 0 Å². The van der Waals surface area contributed by atoms with Crippen molar-refractivity contribution >= 4 is 22.0 Å². The zero-order valence-electron chi connectivity index (χ0n) is 15.3. The van der Waals surface area contributed by atoms with Gasteiger partial charge in [0.15, 0.2) is 0 Å². The smallest absolute Gasteiger partial charge is 0.410 e. The number of hydrogen-bond donors (Lipinski definition) is 0. The number of carbonyl (C=O) groups excluding carboxylic acids is 1. The number of carbonyl (C=O) groups is 1. The second-order valence-electron chi connectivity index (χ2n) is 8.04. The molecule has 0 spiro atoms. The predicted molar refractivity (Wildman–Crippen MR) is 101 cm³/mol. The Labute approximate surface area is 161 Å². The van der Waals surface area contributed by atoms with Crippen LogP contribution in [0.3, 0.4) is 0 Å². The Hall–Kier alpha value is -1.89. The number of rotatable bonds is 2. The molecule has 2 aromatic rings. The quantitative estimate of drug-likeness (QED) is 0.731. The van der Waals surface area contributed by atoms with E-state index in [9.17, 15) is 4.79 Å². The molecule has 0 saturated heterocycles. The van der Waals surface area contributed by atoms with Gasteiger partial charge in [-0.2, -0.15) is 5.10 Å². The van der Waals surface area contributed by atoms with Crippen LogP contribution in [0.5, 0.6) is 0 Å². The first kappa shape index (κ1) is 17.5. The van der Waals surface area contributed by atoms with E-state index in [1.165, 1.54) is 12.8 Å². The van der Waals surface area contributed by atoms with Crippen molar-refractivity contribution in [2.45, 2.75) is 58.3 Å². The summed E-state index contributed by atoms with van der Waals surface area (Å²) in [4.78, 5) is 18.9. The van der Waals surface area contributed by atoms with Crippen molar-refractivity contribution in [1.82, 2.24) is 19.7 Å². The number of aromatic nitrogens is 3. The van der Waals surface area contributed by atoms with Gasteiger partial charge in [-0.25, -0.2) is 4.79 Å². The van der Waals surface area contributed by atoms with Gasteiger partial charge < -0.3 is 4.74 Å². The summed E-state index contributed by atoms with van der Waals surface area (Å²) in [6.07, 6.45) is 5.64. The number of ether oxygens (including phenoxy) is 1. The van der Waals surface area contributed by atoms with E-state index in [4.69, 9.17) is 9.84 Å². The second-order valence-corrected chi connectivity index (χ2v) is 8.79. The van der Waals surface area contributed by atoms with Crippen LogP contribution in [0, 0.1) is 5.92 Å². The van der Waals surface area contributed by atoms with Gasteiger partial charge in [0.05, 0.1) is 24.8 Å². The van der Waals surface area contributed by atoms with Gasteiger partial charge in [0.2, 0.25) is 0 Å². The van der Waals surface area contributed by atoms with Gasteiger partial charge in [-0.15, -0.1) is 0 Å². The average Bonchev–Trinajstić information content (AvgIpc) is 3.35. The van der Waals surface area contributed by atoms with Crippen LogP contribution in [0.2, 0.25) is 0 Å². The van der Waals surface area contributed by atoms with Gasteiger partial charge in [-0.3, -0.25) is 14.6 Å². The molecule has 0 unspecified atom stereocenters. The Balaban J connectivity index is 1.71. The molecule has 1 aliphatic carbocycles. The van der Waals surface area contributed by atoms with E-state index in [0.29, 0.717) is 19.0 Å². The van der Waals surface area contributed by atoms with Crippen LogP contribution in [0.1, 0.15) is 39.3 Å². The molecule has 6 nitrogen and oxygen atoms in total. The van der Waals surface area contributed by atoms with Gasteiger partial charge in [0.25, 0.3) is 0 Å². The molecule has 1 fully saturated rings. The van der Waals surface area contributed by atoms with Gasteiger partial charge in [0.1, 0.15) is 10.2 Å². The van der Waals surface area contributed by atoms with Crippen LogP contribution < -0.4 is 0 Å². The minimum atomic E-state index is -0.503. The number of nitrogens with zero attached hydrogens (tertiary/aromatic N) is 4. The fraction of sp³-hybridized carbons (Fsp3) is 0.526. The Kier molecular flexibility index (Phi) is 4.29. The minimum Gasteiger partial charge on any atom is -0.444 e. The Morgan fingerprint density at radius 1 is 1.27 bits per heavy atom. The molecule has 1 aliphatic heterocycles. The zero-order valence-corrected chi connectivity index (χ0v) is 16.9. The molecule has 1 saturated carbocycles. The molecule has 1 atom stereocenters. The molecule has 0 aromatic carbocycles. The lowest BCUT2D eigenvalue weighted by molar-refractivity contribution is 0.00371. The molecule has 1 amide bonds. The molecular weight excluding hydrogens is 396 g/mol. The van der Waals surface area contributed by atoms with Crippen molar-refractivity contribution in [3.63, 3.8) is 0 Å². The summed E-state index contributed by atoms with van der Waals surface area (Å²) in [6, 6.07) is 4.08. The normalized spacial score (nSPS) is 20.0. The summed E-state index contributed by atoms with van der Waals surface area (Å²) in [6.45, 7) is 6.94. The summed E-state index contributed by atoms with van der Waals surface area (Å²) in [5.41, 5.74) is 2.60. The van der Waals surface area contributed by atoms with E-state index in [2.05, 4.69) is 20.9 Å². The topological polar surface area (TPSA) is 60.2 Å². The zero-order chi connectivity index (χ0) is 18.5.